The molecule has 0 radical (unpaired) electrons. The number of nitrogens with zero attached hydrogens (tertiary/aromatic N) is 1. The van der Waals surface area contributed by atoms with Crippen LogP contribution in [-0.4, -0.2) is 189 Å². The van der Waals surface area contributed by atoms with Crippen molar-refractivity contribution < 1.29 is 81.3 Å². The number of hydrogen-bond donors (Lipinski definition) is 5. The van der Waals surface area contributed by atoms with Gasteiger partial charge in [0.05, 0.1) is 112 Å². The molecular weight excluding hydrogens is 846 g/mol. The fraction of sp³-hybridized carbons (Fsp3) is 0.738. The minimum atomic E-state index is -1.21. The van der Waals surface area contributed by atoms with Crippen molar-refractivity contribution in [2.24, 2.45) is 0 Å². The van der Waals surface area contributed by atoms with E-state index in [-0.39, 0.29) is 57.2 Å². The van der Waals surface area contributed by atoms with Crippen LogP contribution < -0.4 is 21.3 Å². The van der Waals surface area contributed by atoms with Gasteiger partial charge < -0.3 is 69.0 Å². The number of carbonyl (C=O) groups is 7. The maximum absolute atomic E-state index is 12.9. The molecule has 1 aliphatic rings. The first-order valence-corrected chi connectivity index (χ1v) is 21.5. The van der Waals surface area contributed by atoms with Crippen molar-refractivity contribution in [2.75, 3.05) is 125 Å². The Bertz CT molecular complexity index is 1450. The molecule has 0 aromatic heterocycles. The Morgan fingerprint density at radius 3 is 1.50 bits per heavy atom. The summed E-state index contributed by atoms with van der Waals surface area (Å²) in [7, 11) is 0. The van der Waals surface area contributed by atoms with Crippen molar-refractivity contribution in [1.29, 1.82) is 0 Å². The lowest BCUT2D eigenvalue weighted by Gasteiger charge is -2.20. The fourth-order valence-electron chi connectivity index (χ4n) is 5.10. The molecular formula is C42H71N5O17. The predicted octanol–water partition coefficient (Wildman–Crippen LogP) is 0.615. The van der Waals surface area contributed by atoms with Crippen LogP contribution in [0.4, 0.5) is 4.79 Å². The van der Waals surface area contributed by atoms with Crippen LogP contribution in [0, 0.1) is 0 Å². The van der Waals surface area contributed by atoms with E-state index in [1.54, 1.807) is 34.6 Å². The highest BCUT2D eigenvalue weighted by molar-refractivity contribution is 6.13. The first-order chi connectivity index (χ1) is 30.6. The molecule has 64 heavy (non-hydrogen) atoms. The first-order valence-electron chi connectivity index (χ1n) is 21.5. The van der Waals surface area contributed by atoms with Gasteiger partial charge in [0.2, 0.25) is 11.8 Å². The summed E-state index contributed by atoms with van der Waals surface area (Å²) in [6, 6.07) is -1.18. The number of rotatable bonds is 39. The van der Waals surface area contributed by atoms with Crippen LogP contribution in [0.2, 0.25) is 0 Å². The van der Waals surface area contributed by atoms with Gasteiger partial charge in [-0.2, -0.15) is 0 Å². The number of carboxylic acid groups (broad SMARTS) is 1. The summed E-state index contributed by atoms with van der Waals surface area (Å²) in [6.07, 6.45) is 2.82. The molecule has 0 saturated carbocycles. The number of alkyl carbamates (subject to hydrolysis) is 1. The van der Waals surface area contributed by atoms with Crippen molar-refractivity contribution >= 4 is 41.6 Å². The molecule has 1 heterocycles. The maximum Gasteiger partial charge on any atom is 0.407 e. The Balaban J connectivity index is 1.90. The monoisotopic (exact) mass is 917 g/mol. The molecule has 5 N–H and O–H groups in total. The molecule has 1 aliphatic heterocycles. The third kappa shape index (κ3) is 31.3. The van der Waals surface area contributed by atoms with Crippen LogP contribution in [0.1, 0.15) is 66.7 Å². The van der Waals surface area contributed by atoms with Gasteiger partial charge in [0.25, 0.3) is 17.7 Å². The number of allylic oxidation sites excluding steroid dienone is 1. The molecule has 0 aliphatic carbocycles. The number of ether oxygens (including phenoxy) is 9. The number of carboxylic acids is 1. The van der Waals surface area contributed by atoms with Crippen LogP contribution in [0.25, 0.3) is 0 Å². The number of carbonyl (C=O) groups excluding carboxylic acids is 6. The highest BCUT2D eigenvalue weighted by Gasteiger charge is 2.25. The maximum atomic E-state index is 12.9. The molecule has 0 bridgehead atoms. The van der Waals surface area contributed by atoms with Gasteiger partial charge >= 0.3 is 12.1 Å². The molecule has 22 nitrogen and oxygen atoms in total. The Hall–Kier alpha value is -4.55. The van der Waals surface area contributed by atoms with Crippen LogP contribution in [0.5, 0.6) is 0 Å². The smallest absolute Gasteiger partial charge is 0.407 e. The number of unbranched alkanes of at least 4 members (excludes halogenated alkanes) is 1. The van der Waals surface area contributed by atoms with E-state index in [2.05, 4.69) is 21.3 Å². The third-order valence-electron chi connectivity index (χ3n) is 8.29. The molecule has 22 heteroatoms. The average Bonchev–Trinajstić information content (AvgIpc) is 3.55. The normalized spacial score (nSPS) is 12.9. The molecule has 6 amide bonds. The Morgan fingerprint density at radius 2 is 1.06 bits per heavy atom. The van der Waals surface area contributed by atoms with E-state index >= 15 is 0 Å². The topological polar surface area (TPSA) is 274 Å². The van der Waals surface area contributed by atoms with Crippen molar-refractivity contribution in [1.82, 2.24) is 26.2 Å². The van der Waals surface area contributed by atoms with Gasteiger partial charge in [-0.3, -0.25) is 28.9 Å². The summed E-state index contributed by atoms with van der Waals surface area (Å²) in [6.45, 7) is 14.8. The summed E-state index contributed by atoms with van der Waals surface area (Å²) in [4.78, 5) is 84.7. The minimum absolute atomic E-state index is 0.0290. The van der Waals surface area contributed by atoms with Crippen LogP contribution >= 0.6 is 0 Å². The van der Waals surface area contributed by atoms with E-state index in [0.29, 0.717) is 117 Å². The molecule has 0 aromatic rings. The lowest BCUT2D eigenvalue weighted by Crippen LogP contribution is -2.44. The van der Waals surface area contributed by atoms with E-state index in [4.69, 9.17) is 42.6 Å². The van der Waals surface area contributed by atoms with Crippen molar-refractivity contribution in [3.63, 3.8) is 0 Å². The van der Waals surface area contributed by atoms with E-state index < -0.39 is 47.3 Å². The quantitative estimate of drug-likeness (QED) is 0.0321. The standard InChI is InChI=1S/C42H71N5O17/c1-32(2)38(39(52)45-33(40(53)54)8-6-7-13-44-41(55)64-42(3,4)5)46-35(49)12-16-56-18-20-58-22-24-60-26-28-62-30-31-63-29-27-61-25-23-59-21-19-57-17-14-43-34(48)11-15-47-36(50)9-10-37(47)51/h9-10,33H,6-8,11-31H2,1-5H3,(H,43,48)(H,44,55)(H,45,52)(H,46,49)(H,53,54)/t33-/m0/s1. The SMILES string of the molecule is CC(C)=C(NC(=O)CCOCCOCCOCCOCCOCCOCCOCCOCCNC(=O)CCN1C(=O)C=CC1=O)C(=O)N[C@@H](CCCCNC(=O)OC(C)(C)C)C(=O)O. The van der Waals surface area contributed by atoms with E-state index in [0.717, 1.165) is 4.90 Å². The van der Waals surface area contributed by atoms with Gasteiger partial charge in [-0.25, -0.2) is 9.59 Å². The largest absolute Gasteiger partial charge is 0.480 e. The summed E-state index contributed by atoms with van der Waals surface area (Å²) in [5, 5.41) is 19.9. The minimum Gasteiger partial charge on any atom is -0.480 e. The van der Waals surface area contributed by atoms with Gasteiger partial charge in [0, 0.05) is 38.2 Å². The van der Waals surface area contributed by atoms with E-state index in [1.165, 1.54) is 12.2 Å². The summed E-state index contributed by atoms with van der Waals surface area (Å²) in [5.74, 6) is -3.49. The zero-order valence-electron chi connectivity index (χ0n) is 38.1. The molecule has 0 fully saturated rings. The number of aliphatic carboxylic acids is 1. The fourth-order valence-corrected chi connectivity index (χ4v) is 5.10. The highest BCUT2D eigenvalue weighted by atomic mass is 16.6. The highest BCUT2D eigenvalue weighted by Crippen LogP contribution is 2.08. The third-order valence-corrected chi connectivity index (χ3v) is 8.29. The number of imide groups is 1. The first kappa shape index (κ1) is 57.5. The Kier molecular flexibility index (Phi) is 32.1. The zero-order chi connectivity index (χ0) is 47.4. The van der Waals surface area contributed by atoms with E-state index in [1.807, 2.05) is 0 Å². The zero-order valence-corrected chi connectivity index (χ0v) is 38.1. The van der Waals surface area contributed by atoms with Crippen molar-refractivity contribution in [3.05, 3.63) is 23.4 Å². The number of hydrogen-bond acceptors (Lipinski definition) is 16. The van der Waals surface area contributed by atoms with Crippen LogP contribution in [0.3, 0.4) is 0 Å². The molecule has 1 rings (SSSR count). The second kappa shape index (κ2) is 35.8. The molecule has 0 unspecified atom stereocenters. The second-order valence-electron chi connectivity index (χ2n) is 15.1. The van der Waals surface area contributed by atoms with Gasteiger partial charge in [0.15, 0.2) is 0 Å². The number of nitrogens with one attached hydrogen (secondary N) is 4. The van der Waals surface area contributed by atoms with E-state index in [9.17, 15) is 38.7 Å². The van der Waals surface area contributed by atoms with Gasteiger partial charge in [-0.1, -0.05) is 0 Å². The lowest BCUT2D eigenvalue weighted by atomic mass is 10.1. The average molecular weight is 918 g/mol. The summed E-state index contributed by atoms with van der Waals surface area (Å²) >= 11 is 0. The molecule has 0 saturated heterocycles. The summed E-state index contributed by atoms with van der Waals surface area (Å²) < 4.78 is 48.8. The van der Waals surface area contributed by atoms with Gasteiger partial charge in [-0.05, 0) is 59.5 Å². The summed E-state index contributed by atoms with van der Waals surface area (Å²) in [5.41, 5.74) is -0.161. The van der Waals surface area contributed by atoms with Crippen LogP contribution in [0.15, 0.2) is 23.4 Å². The van der Waals surface area contributed by atoms with Crippen molar-refractivity contribution in [2.45, 2.75) is 78.4 Å². The van der Waals surface area contributed by atoms with Gasteiger partial charge in [0.1, 0.15) is 17.3 Å². The molecule has 0 aromatic carbocycles. The predicted molar refractivity (Wildman–Crippen MR) is 229 cm³/mol. The molecule has 1 atom stereocenters. The Labute approximate surface area is 375 Å². The Morgan fingerprint density at radius 1 is 0.609 bits per heavy atom. The van der Waals surface area contributed by atoms with Gasteiger partial charge in [-0.15, -0.1) is 0 Å². The number of amides is 6. The lowest BCUT2D eigenvalue weighted by molar-refractivity contribution is -0.141. The second-order valence-corrected chi connectivity index (χ2v) is 15.1. The van der Waals surface area contributed by atoms with Crippen molar-refractivity contribution in [3.8, 4) is 0 Å². The molecule has 0 spiro atoms. The van der Waals surface area contributed by atoms with Crippen LogP contribution in [-0.2, 0) is 71.4 Å². The molecule has 366 valence electrons.